The molecule has 12 heteroatoms. The number of carbonyl (C=O) groups excluding carboxylic acids is 2. The first kappa shape index (κ1) is 25.0. The number of aliphatic hydroxyl groups is 4. The number of hydrogen-bond acceptors (Lipinski definition) is 6. The number of nitrogens with one attached hydrogen (secondary N) is 2. The average Bonchev–Trinajstić information content (AvgIpc) is 2.62. The average molecular weight is 816 g/mol. The smallest absolute Gasteiger partial charge is 0.253 e. The zero-order chi connectivity index (χ0) is 20.0. The summed E-state index contributed by atoms with van der Waals surface area (Å²) in [5.74, 6) is -0.935. The molecule has 0 aromatic heterocycles. The van der Waals surface area contributed by atoms with Crippen molar-refractivity contribution in [1.29, 1.82) is 0 Å². The number of carbonyl (C=O) groups is 2. The molecule has 2 amide bonds. The van der Waals surface area contributed by atoms with Gasteiger partial charge < -0.3 is 31.1 Å². The molecule has 2 unspecified atom stereocenters. The van der Waals surface area contributed by atoms with Crippen molar-refractivity contribution in [2.75, 3.05) is 26.3 Å². The van der Waals surface area contributed by atoms with E-state index < -0.39 is 37.2 Å². The van der Waals surface area contributed by atoms with Gasteiger partial charge in [-0.25, -0.2) is 0 Å². The van der Waals surface area contributed by atoms with Crippen LogP contribution in [0.5, 0.6) is 0 Å². The van der Waals surface area contributed by atoms with Crippen molar-refractivity contribution >= 4 is 102 Å². The van der Waals surface area contributed by atoms with Crippen molar-refractivity contribution in [2.24, 2.45) is 0 Å². The summed E-state index contributed by atoms with van der Waals surface area (Å²) in [4.78, 5) is 25.1. The Bertz CT molecular complexity index is 635. The van der Waals surface area contributed by atoms with Crippen LogP contribution in [-0.4, -0.2) is 70.8 Å². The molecule has 1 aromatic carbocycles. The van der Waals surface area contributed by atoms with E-state index in [0.717, 1.165) is 3.57 Å². The summed E-state index contributed by atoms with van der Waals surface area (Å²) in [7, 11) is 0. The second-order valence-corrected chi connectivity index (χ2v) is 9.41. The molecule has 1 aromatic rings. The normalized spacial score (nSPS) is 13.2. The molecule has 0 radical (unpaired) electrons. The van der Waals surface area contributed by atoms with Crippen molar-refractivity contribution in [3.8, 4) is 0 Å². The molecule has 0 aliphatic rings. The summed E-state index contributed by atoms with van der Waals surface area (Å²) in [5.41, 5.74) is 0.600. The van der Waals surface area contributed by atoms with Crippen LogP contribution in [0.2, 0.25) is 0 Å². The second-order valence-electron chi connectivity index (χ2n) is 5.10. The van der Waals surface area contributed by atoms with Crippen LogP contribution >= 0.6 is 90.4 Å². The molecule has 6 N–H and O–H groups in total. The number of rotatable bonds is 8. The van der Waals surface area contributed by atoms with Crippen LogP contribution in [0.25, 0.3) is 0 Å². The minimum absolute atomic E-state index is 0.117. The fourth-order valence-electron chi connectivity index (χ4n) is 1.76. The van der Waals surface area contributed by atoms with Crippen molar-refractivity contribution in [3.63, 3.8) is 0 Å². The summed E-state index contributed by atoms with van der Waals surface area (Å²) in [6.45, 7) is -1.18. The Hall–Kier alpha value is 0.920. The number of aliphatic hydroxyl groups excluding tert-OH is 4. The predicted molar refractivity (Wildman–Crippen MR) is 128 cm³/mol. The van der Waals surface area contributed by atoms with Crippen molar-refractivity contribution in [1.82, 2.24) is 10.6 Å². The van der Waals surface area contributed by atoms with E-state index in [1.807, 2.05) is 90.4 Å². The lowest BCUT2D eigenvalue weighted by Crippen LogP contribution is -2.37. The molecular formula is C14H16I4N2O6. The van der Waals surface area contributed by atoms with Crippen LogP contribution in [-0.2, 0) is 0 Å². The van der Waals surface area contributed by atoms with Gasteiger partial charge in [-0.3, -0.25) is 9.59 Å². The first-order valence-electron chi connectivity index (χ1n) is 7.15. The van der Waals surface area contributed by atoms with Gasteiger partial charge in [0.2, 0.25) is 0 Å². The maximum Gasteiger partial charge on any atom is 0.253 e. The fraction of sp³-hybridized carbons (Fsp3) is 0.429. The molecule has 0 bridgehead atoms. The molecular weight excluding hydrogens is 800 g/mol. The van der Waals surface area contributed by atoms with E-state index in [2.05, 4.69) is 10.6 Å². The van der Waals surface area contributed by atoms with Crippen molar-refractivity contribution in [3.05, 3.63) is 25.4 Å². The van der Waals surface area contributed by atoms with E-state index in [1.54, 1.807) is 0 Å². The van der Waals surface area contributed by atoms with Gasteiger partial charge >= 0.3 is 0 Å². The maximum absolute atomic E-state index is 12.5. The van der Waals surface area contributed by atoms with Crippen molar-refractivity contribution in [2.45, 2.75) is 12.2 Å². The highest BCUT2D eigenvalue weighted by atomic mass is 127. The van der Waals surface area contributed by atoms with Gasteiger partial charge in [0.15, 0.2) is 0 Å². The van der Waals surface area contributed by atoms with Gasteiger partial charge in [-0.15, -0.1) is 0 Å². The number of benzene rings is 1. The van der Waals surface area contributed by atoms with Gasteiger partial charge in [0.05, 0.1) is 36.5 Å². The lowest BCUT2D eigenvalue weighted by molar-refractivity contribution is 0.0798. The summed E-state index contributed by atoms with van der Waals surface area (Å²) < 4.78 is 2.49. The molecule has 0 aliphatic heterocycles. The zero-order valence-corrected chi connectivity index (χ0v) is 21.7. The van der Waals surface area contributed by atoms with Crippen LogP contribution in [0, 0.1) is 14.3 Å². The Labute approximate surface area is 204 Å². The van der Waals surface area contributed by atoms with Gasteiger partial charge in [-0.2, -0.15) is 0 Å². The van der Waals surface area contributed by atoms with Gasteiger partial charge in [-0.05, 0) is 90.4 Å². The van der Waals surface area contributed by atoms with Crippen LogP contribution in [0.4, 0.5) is 0 Å². The van der Waals surface area contributed by atoms with E-state index in [4.69, 9.17) is 10.2 Å². The second kappa shape index (κ2) is 11.8. The van der Waals surface area contributed by atoms with Gasteiger partial charge in [0.25, 0.3) is 11.8 Å². The van der Waals surface area contributed by atoms with Gasteiger partial charge in [-0.1, -0.05) is 0 Å². The number of halogens is 4. The van der Waals surface area contributed by atoms with E-state index >= 15 is 0 Å². The molecule has 1 rings (SSSR count). The molecule has 0 saturated heterocycles. The van der Waals surface area contributed by atoms with E-state index in [-0.39, 0.29) is 13.1 Å². The van der Waals surface area contributed by atoms with Crippen LogP contribution in [0.15, 0.2) is 0 Å². The van der Waals surface area contributed by atoms with Gasteiger partial charge in [0, 0.05) is 27.4 Å². The third-order valence-corrected chi connectivity index (χ3v) is 9.51. The minimum atomic E-state index is -1.07. The Morgan fingerprint density at radius 1 is 0.731 bits per heavy atom. The first-order valence-corrected chi connectivity index (χ1v) is 11.5. The maximum atomic E-state index is 12.5. The molecule has 26 heavy (non-hydrogen) atoms. The Morgan fingerprint density at radius 2 is 1.08 bits per heavy atom. The highest BCUT2D eigenvalue weighted by Crippen LogP contribution is 2.33. The van der Waals surface area contributed by atoms with Crippen LogP contribution in [0.3, 0.4) is 0 Å². The van der Waals surface area contributed by atoms with Crippen molar-refractivity contribution < 1.29 is 30.0 Å². The van der Waals surface area contributed by atoms with E-state index in [0.29, 0.717) is 21.8 Å². The SMILES string of the molecule is O=C(NCC(O)CO)c1c(I)c(I)c(I)c(C(=O)NCC(O)CO)c1I. The summed E-state index contributed by atoms with van der Waals surface area (Å²) in [6, 6.07) is 0. The number of amides is 2. The topological polar surface area (TPSA) is 139 Å². The summed E-state index contributed by atoms with van der Waals surface area (Å²) in [5, 5.41) is 41.6. The van der Waals surface area contributed by atoms with Crippen LogP contribution < -0.4 is 10.6 Å². The molecule has 2 atom stereocenters. The summed E-state index contributed by atoms with van der Waals surface area (Å²) >= 11 is 8.00. The zero-order valence-electron chi connectivity index (χ0n) is 13.1. The van der Waals surface area contributed by atoms with E-state index in [1.165, 1.54) is 0 Å². The first-order chi connectivity index (χ1) is 12.1. The Morgan fingerprint density at radius 3 is 1.38 bits per heavy atom. The molecule has 0 heterocycles. The minimum Gasteiger partial charge on any atom is -0.394 e. The molecule has 0 saturated carbocycles. The largest absolute Gasteiger partial charge is 0.394 e. The standard InChI is InChI=1S/C14H16I4N2O6/c15-9-7(13(25)19-1-5(23)3-21)10(16)12(18)11(17)8(9)14(26)20-2-6(24)4-22/h5-6,21-24H,1-4H2,(H,19,25)(H,20,26). The molecule has 0 aliphatic carbocycles. The molecule has 0 spiro atoms. The summed E-state index contributed by atoms with van der Waals surface area (Å²) in [6.07, 6.45) is -2.14. The molecule has 0 fully saturated rings. The Kier molecular flexibility index (Phi) is 11.3. The quantitative estimate of drug-likeness (QED) is 0.127. The molecule has 146 valence electrons. The monoisotopic (exact) mass is 816 g/mol. The Balaban J connectivity index is 3.22. The predicted octanol–water partition coefficient (Wildman–Crippen LogP) is 0.271. The third-order valence-electron chi connectivity index (χ3n) is 3.14. The van der Waals surface area contributed by atoms with E-state index in [9.17, 15) is 19.8 Å². The highest BCUT2D eigenvalue weighted by molar-refractivity contribution is 14.1. The molecule has 8 nitrogen and oxygen atoms in total. The van der Waals surface area contributed by atoms with Gasteiger partial charge in [0.1, 0.15) is 0 Å². The fourth-order valence-corrected chi connectivity index (χ4v) is 6.44. The third kappa shape index (κ3) is 6.48. The lowest BCUT2D eigenvalue weighted by Gasteiger charge is -2.18. The highest BCUT2D eigenvalue weighted by Gasteiger charge is 2.27. The van der Waals surface area contributed by atoms with Crippen LogP contribution in [0.1, 0.15) is 20.7 Å². The number of hydrogen-bond donors (Lipinski definition) is 6. The lowest BCUT2D eigenvalue weighted by atomic mass is 10.1.